The molecule has 11 aromatic carbocycles. The zero-order chi connectivity index (χ0) is 49.2. The van der Waals surface area contributed by atoms with Gasteiger partial charge in [0.2, 0.25) is 0 Å². The summed E-state index contributed by atoms with van der Waals surface area (Å²) in [5.74, 6) is 0. The van der Waals surface area contributed by atoms with Crippen LogP contribution in [0.1, 0.15) is 62.6 Å². The lowest BCUT2D eigenvalue weighted by atomic mass is 9.67. The first-order chi connectivity index (χ1) is 34.8. The maximum atomic E-state index is 5.73. The van der Waals surface area contributed by atoms with Crippen LogP contribution in [0.25, 0.3) is 54.6 Å². The summed E-state index contributed by atoms with van der Waals surface area (Å²) in [6, 6.07) is 90.3. The number of benzene rings is 11. The Hall–Kier alpha value is -8.26. The molecule has 0 N–H and O–H groups in total. The lowest BCUT2D eigenvalue weighted by Gasteiger charge is -2.34. The van der Waals surface area contributed by atoms with E-state index in [4.69, 9.17) is 4.42 Å². The molecule has 0 atom stereocenters. The molecule has 71 heavy (non-hydrogen) atoms. The molecule has 0 saturated heterocycles. The van der Waals surface area contributed by atoms with Gasteiger partial charge in [0.1, 0.15) is 11.2 Å². The van der Waals surface area contributed by atoms with Gasteiger partial charge in [-0.15, -0.1) is 0 Å². The molecule has 0 fully saturated rings. The van der Waals surface area contributed by atoms with Gasteiger partial charge in [-0.05, 0) is 125 Å². The zero-order valence-electron chi connectivity index (χ0n) is 41.9. The summed E-state index contributed by atoms with van der Waals surface area (Å²) in [6.07, 6.45) is 1.14. The van der Waals surface area contributed by atoms with Crippen LogP contribution in [0.2, 0.25) is 0 Å². The Morgan fingerprint density at radius 2 is 0.873 bits per heavy atom. The van der Waals surface area contributed by atoms with E-state index in [2.05, 4.69) is 242 Å². The normalized spacial score (nSPS) is 11.7. The van der Waals surface area contributed by atoms with Gasteiger partial charge in [-0.25, -0.2) is 0 Å². The fourth-order valence-corrected chi connectivity index (χ4v) is 10.1. The molecule has 0 unspecified atom stereocenters. The maximum absolute atomic E-state index is 5.73. The molecule has 1 aliphatic carbocycles. The van der Waals surface area contributed by atoms with E-state index in [-0.39, 0.29) is 5.41 Å². The van der Waals surface area contributed by atoms with Crippen molar-refractivity contribution in [2.24, 2.45) is 0 Å². The molecule has 0 radical (unpaired) electrons. The van der Waals surface area contributed by atoms with Gasteiger partial charge in [0.15, 0.2) is 0 Å². The van der Waals surface area contributed by atoms with Crippen LogP contribution in [0, 0.1) is 34.6 Å². The average Bonchev–Trinajstić information content (AvgIpc) is 3.95. The van der Waals surface area contributed by atoms with Crippen LogP contribution in [-0.2, 0) is 11.8 Å². The van der Waals surface area contributed by atoms with Crippen LogP contribution in [0.5, 0.6) is 0 Å². The van der Waals surface area contributed by atoms with E-state index in [9.17, 15) is 0 Å². The minimum Gasteiger partial charge on any atom is -0.456 e. The van der Waals surface area contributed by atoms with Crippen molar-refractivity contribution >= 4 is 43.5 Å². The molecule has 1 aromatic heterocycles. The number of hydrogen-bond acceptors (Lipinski definition) is 1. The first-order valence-corrected chi connectivity index (χ1v) is 24.9. The van der Waals surface area contributed by atoms with Crippen LogP contribution in [0.15, 0.2) is 259 Å². The molecule has 1 nitrogen and oxygen atoms in total. The Balaban J connectivity index is 0.000000128. The molecule has 0 bridgehead atoms. The van der Waals surface area contributed by atoms with Crippen LogP contribution < -0.4 is 0 Å². The second-order valence-electron chi connectivity index (χ2n) is 18.6. The lowest BCUT2D eigenvalue weighted by Crippen LogP contribution is -2.28. The molecule has 0 spiro atoms. The van der Waals surface area contributed by atoms with Crippen molar-refractivity contribution in [1.82, 2.24) is 0 Å². The summed E-state index contributed by atoms with van der Waals surface area (Å²) in [6.45, 7) is 12.9. The minimum atomic E-state index is -0.325. The van der Waals surface area contributed by atoms with Crippen molar-refractivity contribution in [2.75, 3.05) is 0 Å². The van der Waals surface area contributed by atoms with E-state index in [1.165, 1.54) is 99.1 Å². The van der Waals surface area contributed by atoms with Gasteiger partial charge in [-0.2, -0.15) is 0 Å². The highest BCUT2D eigenvalue weighted by atomic mass is 16.3. The highest BCUT2D eigenvalue weighted by Gasteiger charge is 2.46. The number of furan rings is 1. The molecule has 1 heterocycles. The number of aryl methyl sites for hydroxylation is 6. The van der Waals surface area contributed by atoms with Gasteiger partial charge in [0.25, 0.3) is 0 Å². The van der Waals surface area contributed by atoms with E-state index in [1.54, 1.807) is 0 Å². The van der Waals surface area contributed by atoms with E-state index in [0.717, 1.165) is 17.6 Å². The standard InChI is InChI=1S/C31H24.C13H10O.C11H10.C8H10.C7H8/c1-21-17-18-27-28(19-21)31(23-11-5-3-6-12-23,24-13-7-4-8-14-24)29-20-22(2)25-15-9-10-16-26(25)30(27)29;1-9-5-4-8-12-13(9)10-6-2-3-7-11(10)14-12;1-9-6-7-10-4-2-3-5-11(10)8-9;1-2-8-6-4-3-5-7-8;1-7-5-3-2-4-6-7/h3-20H,1-2H3;2-8H,1H3;2-8H,1H3;3-7H,2H2,1H3;2-6H,1H3. The van der Waals surface area contributed by atoms with E-state index in [0.29, 0.717) is 0 Å². The van der Waals surface area contributed by atoms with Crippen molar-refractivity contribution in [3.8, 4) is 11.1 Å². The summed E-state index contributed by atoms with van der Waals surface area (Å²) in [5.41, 5.74) is 17.7. The molecule has 0 amide bonds. The molecular formula is C70H62O. The molecular weight excluding hydrogens is 857 g/mol. The number of rotatable bonds is 3. The van der Waals surface area contributed by atoms with Crippen LogP contribution in [-0.4, -0.2) is 0 Å². The van der Waals surface area contributed by atoms with Gasteiger partial charge < -0.3 is 4.42 Å². The summed E-state index contributed by atoms with van der Waals surface area (Å²) in [7, 11) is 0. The van der Waals surface area contributed by atoms with Crippen molar-refractivity contribution in [1.29, 1.82) is 0 Å². The molecule has 12 aromatic rings. The monoisotopic (exact) mass is 918 g/mol. The third kappa shape index (κ3) is 10.2. The largest absolute Gasteiger partial charge is 0.456 e. The maximum Gasteiger partial charge on any atom is 0.135 e. The Morgan fingerprint density at radius 1 is 0.352 bits per heavy atom. The van der Waals surface area contributed by atoms with Crippen LogP contribution >= 0.6 is 0 Å². The predicted molar refractivity (Wildman–Crippen MR) is 305 cm³/mol. The molecule has 13 rings (SSSR count). The zero-order valence-corrected chi connectivity index (χ0v) is 41.9. The van der Waals surface area contributed by atoms with Gasteiger partial charge in [-0.3, -0.25) is 0 Å². The summed E-state index contributed by atoms with van der Waals surface area (Å²) >= 11 is 0. The predicted octanol–water partition coefficient (Wildman–Crippen LogP) is 19.1. The third-order valence-electron chi connectivity index (χ3n) is 13.6. The Labute approximate surface area is 420 Å². The summed E-state index contributed by atoms with van der Waals surface area (Å²) < 4.78 is 5.73. The fraction of sp³-hybridized carbons (Fsp3) is 0.114. The highest BCUT2D eigenvalue weighted by molar-refractivity contribution is 6.07. The minimum absolute atomic E-state index is 0.325. The first-order valence-electron chi connectivity index (χ1n) is 24.9. The highest BCUT2D eigenvalue weighted by Crippen LogP contribution is 2.58. The first kappa shape index (κ1) is 47.8. The molecule has 1 aliphatic rings. The van der Waals surface area contributed by atoms with E-state index < -0.39 is 0 Å². The second kappa shape index (κ2) is 22.0. The number of para-hydroxylation sites is 1. The quantitative estimate of drug-likeness (QED) is 0.172. The molecule has 348 valence electrons. The topological polar surface area (TPSA) is 13.1 Å². The summed E-state index contributed by atoms with van der Waals surface area (Å²) in [4.78, 5) is 0. The number of hydrogen-bond donors (Lipinski definition) is 0. The second-order valence-corrected chi connectivity index (χ2v) is 18.6. The molecule has 0 saturated carbocycles. The van der Waals surface area contributed by atoms with E-state index in [1.807, 2.05) is 54.6 Å². The van der Waals surface area contributed by atoms with Crippen molar-refractivity contribution in [3.63, 3.8) is 0 Å². The Kier molecular flexibility index (Phi) is 14.8. The third-order valence-corrected chi connectivity index (χ3v) is 13.6. The van der Waals surface area contributed by atoms with Gasteiger partial charge in [-0.1, -0.05) is 266 Å². The van der Waals surface area contributed by atoms with Gasteiger partial charge in [0.05, 0.1) is 5.41 Å². The lowest BCUT2D eigenvalue weighted by molar-refractivity contribution is 0.669. The van der Waals surface area contributed by atoms with Crippen LogP contribution in [0.4, 0.5) is 0 Å². The van der Waals surface area contributed by atoms with Gasteiger partial charge in [0, 0.05) is 10.8 Å². The van der Waals surface area contributed by atoms with Gasteiger partial charge >= 0.3 is 0 Å². The van der Waals surface area contributed by atoms with Crippen molar-refractivity contribution in [2.45, 2.75) is 53.4 Å². The van der Waals surface area contributed by atoms with E-state index >= 15 is 0 Å². The number of fused-ring (bicyclic) bond motifs is 9. The fourth-order valence-electron chi connectivity index (χ4n) is 10.1. The molecule has 0 aliphatic heterocycles. The SMILES string of the molecule is CCc1ccccc1.Cc1ccc2c(c1)C(c1ccccc1)(c1ccccc1)c1cc(C)c3ccccc3c1-2.Cc1ccc2ccccc2c1.Cc1cccc2oc3ccccc3c12.Cc1ccccc1. The smallest absolute Gasteiger partial charge is 0.135 e. The molecule has 1 heteroatoms. The average molecular weight is 919 g/mol. The Morgan fingerprint density at radius 3 is 1.49 bits per heavy atom. The summed E-state index contributed by atoms with van der Waals surface area (Å²) in [5, 5.41) is 7.77. The van der Waals surface area contributed by atoms with Crippen molar-refractivity contribution in [3.05, 3.63) is 310 Å². The Bertz CT molecular complexity index is 3620. The van der Waals surface area contributed by atoms with Crippen molar-refractivity contribution < 1.29 is 4.42 Å². The van der Waals surface area contributed by atoms with Crippen LogP contribution in [0.3, 0.4) is 0 Å².